The molecule has 4 rings (SSSR count). The molecule has 0 saturated heterocycles. The molecule has 1 aromatic carbocycles. The first-order chi connectivity index (χ1) is 13.2. The Hall–Kier alpha value is -4.12. The molecule has 27 heavy (non-hydrogen) atoms. The molecule has 0 bridgehead atoms. The second-order valence-electron chi connectivity index (χ2n) is 5.71. The third-order valence-electron chi connectivity index (χ3n) is 3.88. The van der Waals surface area contributed by atoms with E-state index in [1.165, 1.54) is 0 Å². The second kappa shape index (κ2) is 7.01. The molecule has 0 saturated carbocycles. The number of nitriles is 1. The van der Waals surface area contributed by atoms with Crippen molar-refractivity contribution in [3.63, 3.8) is 0 Å². The number of carbonyl (C=O) groups is 1. The standard InChI is InChI=1S/C19H13N7O/c20-9-6-18(27)22-15-3-1-2-14(12-15)16-4-5-17-23-24-19(26(17)25-16)13-7-10-21-11-8-13/h1-5,7-8,10-12H,6H2,(H,22,27). The van der Waals surface area contributed by atoms with Crippen molar-refractivity contribution in [2.45, 2.75) is 6.42 Å². The lowest BCUT2D eigenvalue weighted by atomic mass is 10.1. The fourth-order valence-electron chi connectivity index (χ4n) is 2.66. The van der Waals surface area contributed by atoms with Crippen LogP contribution in [0.4, 0.5) is 5.69 Å². The molecule has 8 nitrogen and oxygen atoms in total. The fraction of sp³-hybridized carbons (Fsp3) is 0.0526. The number of anilines is 1. The van der Waals surface area contributed by atoms with Crippen LogP contribution in [0.2, 0.25) is 0 Å². The van der Waals surface area contributed by atoms with Crippen LogP contribution in [0.25, 0.3) is 28.3 Å². The third-order valence-corrected chi connectivity index (χ3v) is 3.88. The van der Waals surface area contributed by atoms with Crippen molar-refractivity contribution >= 4 is 17.2 Å². The molecular formula is C19H13N7O. The normalized spacial score (nSPS) is 10.5. The Balaban J connectivity index is 1.72. The van der Waals surface area contributed by atoms with Crippen LogP contribution in [-0.4, -0.2) is 30.7 Å². The van der Waals surface area contributed by atoms with Crippen LogP contribution in [0.5, 0.6) is 0 Å². The highest BCUT2D eigenvalue weighted by Gasteiger charge is 2.11. The summed E-state index contributed by atoms with van der Waals surface area (Å²) in [4.78, 5) is 15.6. The largest absolute Gasteiger partial charge is 0.325 e. The number of nitrogens with zero attached hydrogens (tertiary/aromatic N) is 6. The van der Waals surface area contributed by atoms with Crippen molar-refractivity contribution in [1.82, 2.24) is 24.8 Å². The molecule has 130 valence electrons. The monoisotopic (exact) mass is 355 g/mol. The molecule has 4 aromatic rings. The van der Waals surface area contributed by atoms with Gasteiger partial charge < -0.3 is 5.32 Å². The number of benzene rings is 1. The van der Waals surface area contributed by atoms with E-state index in [4.69, 9.17) is 5.26 Å². The average molecular weight is 355 g/mol. The van der Waals surface area contributed by atoms with Crippen LogP contribution < -0.4 is 5.32 Å². The number of carbonyl (C=O) groups excluding carboxylic acids is 1. The van der Waals surface area contributed by atoms with E-state index in [1.807, 2.05) is 42.5 Å². The highest BCUT2D eigenvalue weighted by atomic mass is 16.1. The lowest BCUT2D eigenvalue weighted by Crippen LogP contribution is -2.10. The molecule has 8 heteroatoms. The van der Waals surface area contributed by atoms with Gasteiger partial charge in [-0.2, -0.15) is 14.9 Å². The van der Waals surface area contributed by atoms with Gasteiger partial charge in [0, 0.05) is 29.2 Å². The summed E-state index contributed by atoms with van der Waals surface area (Å²) in [6.45, 7) is 0. The van der Waals surface area contributed by atoms with Gasteiger partial charge in [0.2, 0.25) is 5.91 Å². The summed E-state index contributed by atoms with van der Waals surface area (Å²) in [5, 5.41) is 24.3. The first-order valence-electron chi connectivity index (χ1n) is 8.15. The molecule has 1 N–H and O–H groups in total. The number of hydrogen-bond acceptors (Lipinski definition) is 6. The van der Waals surface area contributed by atoms with Crippen molar-refractivity contribution in [3.8, 4) is 28.7 Å². The molecule has 0 unspecified atom stereocenters. The van der Waals surface area contributed by atoms with E-state index in [0.29, 0.717) is 22.9 Å². The third kappa shape index (κ3) is 3.34. The van der Waals surface area contributed by atoms with Crippen molar-refractivity contribution in [1.29, 1.82) is 5.26 Å². The van der Waals surface area contributed by atoms with E-state index >= 15 is 0 Å². The van der Waals surface area contributed by atoms with Crippen LogP contribution in [-0.2, 0) is 4.79 Å². The highest BCUT2D eigenvalue weighted by molar-refractivity contribution is 5.92. The summed E-state index contributed by atoms with van der Waals surface area (Å²) in [6.07, 6.45) is 3.19. The van der Waals surface area contributed by atoms with Gasteiger partial charge in [-0.1, -0.05) is 12.1 Å². The summed E-state index contributed by atoms with van der Waals surface area (Å²) in [7, 11) is 0. The molecule has 0 spiro atoms. The first kappa shape index (κ1) is 16.4. The summed E-state index contributed by atoms with van der Waals surface area (Å²) in [5.41, 5.74) is 3.62. The van der Waals surface area contributed by atoms with Crippen LogP contribution in [0.1, 0.15) is 6.42 Å². The molecule has 0 aliphatic carbocycles. The van der Waals surface area contributed by atoms with Gasteiger partial charge in [-0.3, -0.25) is 9.78 Å². The molecule has 3 aromatic heterocycles. The topological polar surface area (TPSA) is 109 Å². The lowest BCUT2D eigenvalue weighted by molar-refractivity contribution is -0.115. The Morgan fingerprint density at radius 3 is 2.74 bits per heavy atom. The second-order valence-corrected chi connectivity index (χ2v) is 5.71. The Morgan fingerprint density at radius 1 is 1.07 bits per heavy atom. The molecule has 0 fully saturated rings. The number of nitrogens with one attached hydrogen (secondary N) is 1. The predicted molar refractivity (Wildman–Crippen MR) is 98.3 cm³/mol. The van der Waals surface area contributed by atoms with E-state index in [2.05, 4.69) is 25.6 Å². The van der Waals surface area contributed by atoms with Crippen LogP contribution >= 0.6 is 0 Å². The van der Waals surface area contributed by atoms with E-state index in [0.717, 1.165) is 11.1 Å². The summed E-state index contributed by atoms with van der Waals surface area (Å²) in [6, 6.07) is 16.5. The smallest absolute Gasteiger partial charge is 0.238 e. The Kier molecular flexibility index (Phi) is 4.25. The number of aromatic nitrogens is 5. The Labute approximate surface area is 154 Å². The van der Waals surface area contributed by atoms with Crippen molar-refractivity contribution in [2.75, 3.05) is 5.32 Å². The number of amides is 1. The van der Waals surface area contributed by atoms with E-state index in [9.17, 15) is 4.79 Å². The molecule has 3 heterocycles. The molecule has 0 radical (unpaired) electrons. The van der Waals surface area contributed by atoms with Crippen LogP contribution in [0.3, 0.4) is 0 Å². The number of hydrogen-bond donors (Lipinski definition) is 1. The summed E-state index contributed by atoms with van der Waals surface area (Å²) in [5.74, 6) is 0.268. The van der Waals surface area contributed by atoms with Gasteiger partial charge in [-0.05, 0) is 36.4 Å². The van der Waals surface area contributed by atoms with Gasteiger partial charge in [0.1, 0.15) is 6.42 Å². The van der Waals surface area contributed by atoms with Gasteiger partial charge in [0.15, 0.2) is 11.5 Å². The zero-order chi connectivity index (χ0) is 18.6. The molecule has 0 atom stereocenters. The SMILES string of the molecule is N#CCC(=O)Nc1cccc(-c2ccc3nnc(-c4ccncc4)n3n2)c1. The van der Waals surface area contributed by atoms with Gasteiger partial charge >= 0.3 is 0 Å². The molecule has 0 aliphatic heterocycles. The van der Waals surface area contributed by atoms with Gasteiger partial charge in [0.25, 0.3) is 0 Å². The predicted octanol–water partition coefficient (Wildman–Crippen LogP) is 2.71. The first-order valence-corrected chi connectivity index (χ1v) is 8.15. The lowest BCUT2D eigenvalue weighted by Gasteiger charge is -2.07. The van der Waals surface area contributed by atoms with E-state index < -0.39 is 0 Å². The summed E-state index contributed by atoms with van der Waals surface area (Å²) >= 11 is 0. The van der Waals surface area contributed by atoms with Crippen LogP contribution in [0, 0.1) is 11.3 Å². The maximum atomic E-state index is 11.6. The molecule has 0 aliphatic rings. The minimum atomic E-state index is -0.350. The minimum Gasteiger partial charge on any atom is -0.325 e. The highest BCUT2D eigenvalue weighted by Crippen LogP contribution is 2.23. The van der Waals surface area contributed by atoms with Crippen molar-refractivity contribution in [3.05, 3.63) is 60.9 Å². The van der Waals surface area contributed by atoms with E-state index in [1.54, 1.807) is 29.0 Å². The number of pyridine rings is 1. The molecule has 1 amide bonds. The van der Waals surface area contributed by atoms with Crippen molar-refractivity contribution in [2.24, 2.45) is 0 Å². The maximum Gasteiger partial charge on any atom is 0.238 e. The maximum absolute atomic E-state index is 11.6. The number of rotatable bonds is 4. The van der Waals surface area contributed by atoms with Gasteiger partial charge in [0.05, 0.1) is 11.8 Å². The van der Waals surface area contributed by atoms with Crippen LogP contribution in [0.15, 0.2) is 60.9 Å². The number of fused-ring (bicyclic) bond motifs is 1. The van der Waals surface area contributed by atoms with Crippen molar-refractivity contribution < 1.29 is 4.79 Å². The zero-order valence-corrected chi connectivity index (χ0v) is 14.1. The van der Waals surface area contributed by atoms with E-state index in [-0.39, 0.29) is 12.3 Å². The zero-order valence-electron chi connectivity index (χ0n) is 14.1. The Morgan fingerprint density at radius 2 is 1.93 bits per heavy atom. The van der Waals surface area contributed by atoms with Gasteiger partial charge in [-0.15, -0.1) is 10.2 Å². The minimum absolute atomic E-state index is 0.190. The molecular weight excluding hydrogens is 342 g/mol. The quantitative estimate of drug-likeness (QED) is 0.603. The summed E-state index contributed by atoms with van der Waals surface area (Å²) < 4.78 is 1.67. The van der Waals surface area contributed by atoms with Gasteiger partial charge in [-0.25, -0.2) is 0 Å². The average Bonchev–Trinajstić information content (AvgIpc) is 3.12. The Bertz CT molecular complexity index is 1160. The fourth-order valence-corrected chi connectivity index (χ4v) is 2.66.